The molecular weight excluding hydrogens is 138 g/mol. The summed E-state index contributed by atoms with van der Waals surface area (Å²) >= 11 is 0. The van der Waals surface area contributed by atoms with Crippen molar-refractivity contribution in [3.05, 3.63) is 0 Å². The van der Waals surface area contributed by atoms with Crippen LogP contribution < -0.4 is 0 Å². The number of aliphatic hydroxyl groups is 1. The first-order valence-electron chi connectivity index (χ1n) is 4.66. The largest absolute Gasteiger partial charge is 0.395 e. The molecule has 0 bridgehead atoms. The van der Waals surface area contributed by atoms with Gasteiger partial charge >= 0.3 is 0 Å². The van der Waals surface area contributed by atoms with Crippen LogP contribution in [-0.4, -0.2) is 35.2 Å². The summed E-state index contributed by atoms with van der Waals surface area (Å²) in [5.41, 5.74) is 0. The van der Waals surface area contributed by atoms with Gasteiger partial charge in [0.25, 0.3) is 0 Å². The average molecular weight is 157 g/mol. The summed E-state index contributed by atoms with van der Waals surface area (Å²) in [5, 5.41) is 9.06. The van der Waals surface area contributed by atoms with Gasteiger partial charge in [0.2, 0.25) is 0 Å². The summed E-state index contributed by atoms with van der Waals surface area (Å²) in [6, 6.07) is 1.10. The number of likely N-dealkylation sites (tertiary alicyclic amines) is 1. The minimum Gasteiger partial charge on any atom is -0.395 e. The molecule has 0 spiro atoms. The standard InChI is InChI=1S/C9H19NO/c1-3-9(7-11)10-6-4-5-8(10)2/h8-9,11H,3-7H2,1-2H3/t8?,9-/m0/s1. The van der Waals surface area contributed by atoms with Gasteiger partial charge in [0, 0.05) is 12.1 Å². The van der Waals surface area contributed by atoms with Gasteiger partial charge in [0.1, 0.15) is 0 Å². The van der Waals surface area contributed by atoms with Crippen LogP contribution in [0.2, 0.25) is 0 Å². The molecule has 1 N–H and O–H groups in total. The van der Waals surface area contributed by atoms with Crippen molar-refractivity contribution in [2.24, 2.45) is 0 Å². The van der Waals surface area contributed by atoms with Crippen molar-refractivity contribution in [2.75, 3.05) is 13.2 Å². The monoisotopic (exact) mass is 157 g/mol. The van der Waals surface area contributed by atoms with E-state index in [4.69, 9.17) is 5.11 Å². The summed E-state index contributed by atoms with van der Waals surface area (Å²) < 4.78 is 0. The first kappa shape index (κ1) is 9.01. The third-order valence-electron chi connectivity index (χ3n) is 2.76. The molecule has 0 radical (unpaired) electrons. The fraction of sp³-hybridized carbons (Fsp3) is 1.00. The average Bonchev–Trinajstić information content (AvgIpc) is 2.40. The molecule has 1 aliphatic heterocycles. The van der Waals surface area contributed by atoms with Gasteiger partial charge in [-0.2, -0.15) is 0 Å². The Labute approximate surface area is 69.2 Å². The molecule has 2 atom stereocenters. The second-order valence-corrected chi connectivity index (χ2v) is 3.47. The van der Waals surface area contributed by atoms with Crippen LogP contribution in [0.15, 0.2) is 0 Å². The fourth-order valence-corrected chi connectivity index (χ4v) is 1.97. The van der Waals surface area contributed by atoms with E-state index in [1.807, 2.05) is 0 Å². The molecule has 0 aromatic rings. The molecule has 11 heavy (non-hydrogen) atoms. The van der Waals surface area contributed by atoms with E-state index >= 15 is 0 Å². The Hall–Kier alpha value is -0.0800. The molecule has 1 unspecified atom stereocenters. The lowest BCUT2D eigenvalue weighted by Crippen LogP contribution is -2.39. The number of nitrogens with zero attached hydrogens (tertiary/aromatic N) is 1. The Morgan fingerprint density at radius 2 is 2.36 bits per heavy atom. The highest BCUT2D eigenvalue weighted by atomic mass is 16.3. The molecule has 0 saturated carbocycles. The van der Waals surface area contributed by atoms with E-state index in [1.54, 1.807) is 0 Å². The van der Waals surface area contributed by atoms with E-state index < -0.39 is 0 Å². The molecule has 0 aromatic heterocycles. The van der Waals surface area contributed by atoms with Crippen LogP contribution in [0.3, 0.4) is 0 Å². The first-order chi connectivity index (χ1) is 5.29. The van der Waals surface area contributed by atoms with Gasteiger partial charge in [-0.3, -0.25) is 4.90 Å². The topological polar surface area (TPSA) is 23.5 Å². The molecule has 0 aromatic carbocycles. The zero-order valence-corrected chi connectivity index (χ0v) is 7.58. The second-order valence-electron chi connectivity index (χ2n) is 3.47. The summed E-state index contributed by atoms with van der Waals surface area (Å²) in [4.78, 5) is 2.43. The SMILES string of the molecule is CC[C@@H](CO)N1CCCC1C. The van der Waals surface area contributed by atoms with Gasteiger partial charge in [-0.1, -0.05) is 6.92 Å². The summed E-state index contributed by atoms with van der Waals surface area (Å²) in [6.45, 7) is 5.90. The molecule has 1 saturated heterocycles. The molecule has 2 nitrogen and oxygen atoms in total. The third-order valence-corrected chi connectivity index (χ3v) is 2.76. The maximum Gasteiger partial charge on any atom is 0.0586 e. The van der Waals surface area contributed by atoms with Crippen LogP contribution in [-0.2, 0) is 0 Å². The lowest BCUT2D eigenvalue weighted by molar-refractivity contribution is 0.115. The maximum absolute atomic E-state index is 9.06. The van der Waals surface area contributed by atoms with Crippen molar-refractivity contribution >= 4 is 0 Å². The van der Waals surface area contributed by atoms with Crippen molar-refractivity contribution < 1.29 is 5.11 Å². The van der Waals surface area contributed by atoms with E-state index in [0.29, 0.717) is 18.7 Å². The molecular formula is C9H19NO. The second kappa shape index (κ2) is 4.07. The molecule has 66 valence electrons. The predicted octanol–water partition coefficient (Wildman–Crippen LogP) is 1.24. The van der Waals surface area contributed by atoms with Crippen molar-refractivity contribution in [3.8, 4) is 0 Å². The maximum atomic E-state index is 9.06. The first-order valence-corrected chi connectivity index (χ1v) is 4.66. The zero-order valence-electron chi connectivity index (χ0n) is 7.58. The third kappa shape index (κ3) is 1.94. The lowest BCUT2D eigenvalue weighted by atomic mass is 10.2. The Kier molecular flexibility index (Phi) is 3.34. The molecule has 1 fully saturated rings. The number of rotatable bonds is 3. The van der Waals surface area contributed by atoms with E-state index in [0.717, 1.165) is 6.42 Å². The molecule has 2 heteroatoms. The summed E-state index contributed by atoms with van der Waals surface area (Å²) in [5.74, 6) is 0. The summed E-state index contributed by atoms with van der Waals surface area (Å²) in [7, 11) is 0. The highest BCUT2D eigenvalue weighted by molar-refractivity contribution is 4.80. The van der Waals surface area contributed by atoms with Crippen LogP contribution in [0.4, 0.5) is 0 Å². The van der Waals surface area contributed by atoms with Gasteiger partial charge < -0.3 is 5.11 Å². The fourth-order valence-electron chi connectivity index (χ4n) is 1.97. The van der Waals surface area contributed by atoms with Crippen molar-refractivity contribution in [3.63, 3.8) is 0 Å². The Balaban J connectivity index is 2.43. The van der Waals surface area contributed by atoms with Gasteiger partial charge in [0.15, 0.2) is 0 Å². The van der Waals surface area contributed by atoms with Gasteiger partial charge in [0.05, 0.1) is 6.61 Å². The van der Waals surface area contributed by atoms with Crippen molar-refractivity contribution in [1.29, 1.82) is 0 Å². The molecule has 1 aliphatic rings. The molecule has 1 rings (SSSR count). The Morgan fingerprint density at radius 1 is 1.64 bits per heavy atom. The predicted molar refractivity (Wildman–Crippen MR) is 46.6 cm³/mol. The van der Waals surface area contributed by atoms with E-state index in [-0.39, 0.29) is 0 Å². The molecule has 1 heterocycles. The van der Waals surface area contributed by atoms with Crippen molar-refractivity contribution in [2.45, 2.75) is 45.2 Å². The number of hydrogen-bond acceptors (Lipinski definition) is 2. The smallest absolute Gasteiger partial charge is 0.0586 e. The molecule has 0 aliphatic carbocycles. The Bertz CT molecular complexity index is 112. The van der Waals surface area contributed by atoms with Crippen LogP contribution in [0, 0.1) is 0 Å². The summed E-state index contributed by atoms with van der Waals surface area (Å²) in [6.07, 6.45) is 3.68. The normalized spacial score (nSPS) is 29.2. The zero-order chi connectivity index (χ0) is 8.27. The highest BCUT2D eigenvalue weighted by Gasteiger charge is 2.25. The van der Waals surface area contributed by atoms with E-state index in [1.165, 1.54) is 19.4 Å². The van der Waals surface area contributed by atoms with E-state index in [2.05, 4.69) is 18.7 Å². The van der Waals surface area contributed by atoms with Crippen LogP contribution >= 0.6 is 0 Å². The van der Waals surface area contributed by atoms with Gasteiger partial charge in [-0.05, 0) is 32.7 Å². The lowest BCUT2D eigenvalue weighted by Gasteiger charge is -2.28. The number of hydrogen-bond donors (Lipinski definition) is 1. The van der Waals surface area contributed by atoms with Crippen LogP contribution in [0.25, 0.3) is 0 Å². The van der Waals surface area contributed by atoms with Crippen LogP contribution in [0.5, 0.6) is 0 Å². The molecule has 0 amide bonds. The minimum absolute atomic E-state index is 0.320. The Morgan fingerprint density at radius 3 is 2.73 bits per heavy atom. The minimum atomic E-state index is 0.320. The highest BCUT2D eigenvalue weighted by Crippen LogP contribution is 2.20. The van der Waals surface area contributed by atoms with Gasteiger partial charge in [-0.15, -0.1) is 0 Å². The quantitative estimate of drug-likeness (QED) is 0.666. The van der Waals surface area contributed by atoms with Crippen molar-refractivity contribution in [1.82, 2.24) is 4.90 Å². The van der Waals surface area contributed by atoms with Crippen LogP contribution in [0.1, 0.15) is 33.1 Å². The van der Waals surface area contributed by atoms with Gasteiger partial charge in [-0.25, -0.2) is 0 Å². The van der Waals surface area contributed by atoms with E-state index in [9.17, 15) is 0 Å². The number of aliphatic hydroxyl groups excluding tert-OH is 1.